The van der Waals surface area contributed by atoms with Crippen molar-refractivity contribution in [3.8, 4) is 5.75 Å². The number of carbonyl (C=O) groups is 1. The molecule has 4 rings (SSSR count). The molecule has 1 heterocycles. The van der Waals surface area contributed by atoms with E-state index in [1.807, 2.05) is 0 Å². The number of unbranched alkanes of at least 4 members (excludes halogenated alkanes) is 1. The zero-order chi connectivity index (χ0) is 29.4. The average molecular weight is 574 g/mol. The molecule has 0 radical (unpaired) electrons. The van der Waals surface area contributed by atoms with E-state index in [0.717, 1.165) is 56.3 Å². The van der Waals surface area contributed by atoms with Gasteiger partial charge < -0.3 is 15.0 Å². The standard InChI is InChI=1S/C33H46F3N3O2/c1-24-25(2)31(41-22-8-7-17-37-23-27-9-5-4-6-10-27)16-15-30(24)26(3)38-18-20-39(21-19-38)32(40)28-11-13-29(14-12-28)33(34,35)36/h11-16,26-27,37H,4-10,17-23H2,1-3H3. The third kappa shape index (κ3) is 8.48. The lowest BCUT2D eigenvalue weighted by atomic mass is 9.89. The molecular formula is C33H46F3N3O2. The fourth-order valence-electron chi connectivity index (χ4n) is 6.15. The number of amides is 1. The normalized spacial score (nSPS) is 18.0. The number of hydrogen-bond acceptors (Lipinski definition) is 4. The van der Waals surface area contributed by atoms with Crippen molar-refractivity contribution in [2.24, 2.45) is 5.92 Å². The third-order valence-electron chi connectivity index (χ3n) is 9.00. The molecule has 2 aliphatic rings. The van der Waals surface area contributed by atoms with Crippen molar-refractivity contribution < 1.29 is 22.7 Å². The van der Waals surface area contributed by atoms with Crippen LogP contribution in [0.15, 0.2) is 36.4 Å². The first kappa shape index (κ1) is 31.4. The van der Waals surface area contributed by atoms with Crippen LogP contribution in [0.4, 0.5) is 13.2 Å². The van der Waals surface area contributed by atoms with Crippen LogP contribution in [0.25, 0.3) is 0 Å². The molecule has 8 heteroatoms. The predicted molar refractivity (Wildman–Crippen MR) is 157 cm³/mol. The van der Waals surface area contributed by atoms with E-state index in [2.05, 4.69) is 43.1 Å². The van der Waals surface area contributed by atoms with E-state index < -0.39 is 11.7 Å². The van der Waals surface area contributed by atoms with E-state index in [1.165, 1.54) is 60.9 Å². The highest BCUT2D eigenvalue weighted by Crippen LogP contribution is 2.32. The summed E-state index contributed by atoms with van der Waals surface area (Å²) in [6.45, 7) is 11.9. The first-order valence-electron chi connectivity index (χ1n) is 15.3. The Balaban J connectivity index is 1.21. The molecular weight excluding hydrogens is 527 g/mol. The lowest BCUT2D eigenvalue weighted by Gasteiger charge is -2.39. The number of hydrogen-bond donors (Lipinski definition) is 1. The van der Waals surface area contributed by atoms with Gasteiger partial charge in [-0.2, -0.15) is 13.2 Å². The van der Waals surface area contributed by atoms with Gasteiger partial charge in [-0.1, -0.05) is 25.3 Å². The molecule has 2 aromatic rings. The van der Waals surface area contributed by atoms with Crippen LogP contribution in [0.5, 0.6) is 5.75 Å². The molecule has 1 N–H and O–H groups in total. The summed E-state index contributed by atoms with van der Waals surface area (Å²) >= 11 is 0. The minimum absolute atomic E-state index is 0.182. The van der Waals surface area contributed by atoms with Crippen LogP contribution < -0.4 is 10.1 Å². The van der Waals surface area contributed by atoms with Gasteiger partial charge in [0.1, 0.15) is 5.75 Å². The van der Waals surface area contributed by atoms with Crippen LogP contribution >= 0.6 is 0 Å². The Bertz CT molecular complexity index is 1120. The van der Waals surface area contributed by atoms with Gasteiger partial charge in [0, 0.05) is 37.8 Å². The number of nitrogens with zero attached hydrogens (tertiary/aromatic N) is 2. The molecule has 1 unspecified atom stereocenters. The predicted octanol–water partition coefficient (Wildman–Crippen LogP) is 7.17. The van der Waals surface area contributed by atoms with Crippen molar-refractivity contribution in [2.75, 3.05) is 45.9 Å². The summed E-state index contributed by atoms with van der Waals surface area (Å²) in [5, 5.41) is 3.63. The first-order chi connectivity index (χ1) is 19.6. The van der Waals surface area contributed by atoms with Crippen molar-refractivity contribution in [1.82, 2.24) is 15.1 Å². The van der Waals surface area contributed by atoms with Crippen molar-refractivity contribution >= 4 is 5.91 Å². The summed E-state index contributed by atoms with van der Waals surface area (Å²) in [6, 6.07) is 8.91. The maximum absolute atomic E-state index is 12.9. The van der Waals surface area contributed by atoms with Crippen LogP contribution in [-0.4, -0.2) is 61.6 Å². The molecule has 0 aromatic heterocycles. The molecule has 5 nitrogen and oxygen atoms in total. The van der Waals surface area contributed by atoms with E-state index in [-0.39, 0.29) is 17.5 Å². The van der Waals surface area contributed by atoms with Gasteiger partial charge in [0.15, 0.2) is 0 Å². The van der Waals surface area contributed by atoms with E-state index >= 15 is 0 Å². The molecule has 1 aliphatic carbocycles. The minimum Gasteiger partial charge on any atom is -0.493 e. The number of carbonyl (C=O) groups excluding carboxylic acids is 1. The molecule has 1 saturated heterocycles. The number of benzene rings is 2. The molecule has 0 bridgehead atoms. The Hall–Kier alpha value is -2.58. The fraction of sp³-hybridized carbons (Fsp3) is 0.606. The largest absolute Gasteiger partial charge is 0.493 e. The van der Waals surface area contributed by atoms with E-state index in [1.54, 1.807) is 4.90 Å². The van der Waals surface area contributed by atoms with Crippen LogP contribution in [0, 0.1) is 19.8 Å². The van der Waals surface area contributed by atoms with Crippen molar-refractivity contribution in [3.05, 3.63) is 64.2 Å². The molecule has 0 spiro atoms. The van der Waals surface area contributed by atoms with Gasteiger partial charge in [-0.05, 0) is 112 Å². The SMILES string of the molecule is Cc1c(OCCCCNCC2CCCCC2)ccc(C(C)N2CCN(C(=O)c3ccc(C(F)(F)F)cc3)CC2)c1C. The maximum atomic E-state index is 12.9. The molecule has 2 fully saturated rings. The molecule has 2 aromatic carbocycles. The van der Waals surface area contributed by atoms with Crippen molar-refractivity contribution in [3.63, 3.8) is 0 Å². The van der Waals surface area contributed by atoms with E-state index in [9.17, 15) is 18.0 Å². The zero-order valence-corrected chi connectivity index (χ0v) is 24.9. The highest BCUT2D eigenvalue weighted by atomic mass is 19.4. The van der Waals surface area contributed by atoms with Gasteiger partial charge in [0.2, 0.25) is 0 Å². The number of rotatable bonds is 11. The first-order valence-corrected chi connectivity index (χ1v) is 15.3. The third-order valence-corrected chi connectivity index (χ3v) is 9.00. The number of alkyl halides is 3. The Labute approximate surface area is 243 Å². The number of nitrogens with one attached hydrogen (secondary N) is 1. The Morgan fingerprint density at radius 2 is 1.63 bits per heavy atom. The van der Waals surface area contributed by atoms with Gasteiger partial charge in [-0.15, -0.1) is 0 Å². The lowest BCUT2D eigenvalue weighted by molar-refractivity contribution is -0.137. The van der Waals surface area contributed by atoms with Crippen LogP contribution in [0.1, 0.15) is 90.5 Å². The molecule has 1 amide bonds. The highest BCUT2D eigenvalue weighted by Gasteiger charge is 2.31. The Kier molecular flexibility index (Phi) is 11.1. The number of piperazine rings is 1. The molecule has 1 saturated carbocycles. The molecule has 226 valence electrons. The highest BCUT2D eigenvalue weighted by molar-refractivity contribution is 5.94. The lowest BCUT2D eigenvalue weighted by Crippen LogP contribution is -2.49. The topological polar surface area (TPSA) is 44.8 Å². The van der Waals surface area contributed by atoms with E-state index in [0.29, 0.717) is 26.2 Å². The van der Waals surface area contributed by atoms with Crippen LogP contribution in [0.2, 0.25) is 0 Å². The van der Waals surface area contributed by atoms with Gasteiger partial charge in [0.25, 0.3) is 5.91 Å². The summed E-state index contributed by atoms with van der Waals surface area (Å²) in [6.07, 6.45) is 4.69. The Morgan fingerprint density at radius 3 is 2.29 bits per heavy atom. The van der Waals surface area contributed by atoms with Crippen molar-refractivity contribution in [1.29, 1.82) is 0 Å². The Morgan fingerprint density at radius 1 is 0.951 bits per heavy atom. The smallest absolute Gasteiger partial charge is 0.416 e. The molecule has 1 atom stereocenters. The van der Waals surface area contributed by atoms with Crippen LogP contribution in [-0.2, 0) is 6.18 Å². The summed E-state index contributed by atoms with van der Waals surface area (Å²) in [5.41, 5.74) is 3.20. The summed E-state index contributed by atoms with van der Waals surface area (Å²) in [4.78, 5) is 17.0. The minimum atomic E-state index is -4.41. The van der Waals surface area contributed by atoms with E-state index in [4.69, 9.17) is 4.74 Å². The van der Waals surface area contributed by atoms with Gasteiger partial charge in [-0.25, -0.2) is 0 Å². The zero-order valence-electron chi connectivity index (χ0n) is 24.9. The average Bonchev–Trinajstić information content (AvgIpc) is 2.98. The second-order valence-electron chi connectivity index (χ2n) is 11.7. The number of halogens is 3. The van der Waals surface area contributed by atoms with Gasteiger partial charge in [0.05, 0.1) is 12.2 Å². The fourth-order valence-corrected chi connectivity index (χ4v) is 6.15. The van der Waals surface area contributed by atoms with Gasteiger partial charge in [-0.3, -0.25) is 9.69 Å². The molecule has 1 aliphatic heterocycles. The second kappa shape index (κ2) is 14.5. The van der Waals surface area contributed by atoms with Gasteiger partial charge >= 0.3 is 6.18 Å². The maximum Gasteiger partial charge on any atom is 0.416 e. The summed E-state index contributed by atoms with van der Waals surface area (Å²) in [7, 11) is 0. The monoisotopic (exact) mass is 573 g/mol. The number of ether oxygens (including phenoxy) is 1. The quantitative estimate of drug-likeness (QED) is 0.290. The van der Waals surface area contributed by atoms with Crippen LogP contribution in [0.3, 0.4) is 0 Å². The van der Waals surface area contributed by atoms with Crippen molar-refractivity contribution in [2.45, 2.75) is 77.9 Å². The summed E-state index contributed by atoms with van der Waals surface area (Å²) in [5.74, 6) is 1.59. The second-order valence-corrected chi connectivity index (χ2v) is 11.7. The molecule has 41 heavy (non-hydrogen) atoms. The summed E-state index contributed by atoms with van der Waals surface area (Å²) < 4.78 is 44.7.